The molecule has 0 aliphatic heterocycles. The van der Waals surface area contributed by atoms with Gasteiger partial charge in [0.1, 0.15) is 5.75 Å². The lowest BCUT2D eigenvalue weighted by Crippen LogP contribution is -2.15. The van der Waals surface area contributed by atoms with Gasteiger partial charge < -0.3 is 15.0 Å². The molecule has 0 saturated heterocycles. The molecule has 0 aliphatic rings. The lowest BCUT2D eigenvalue weighted by Gasteiger charge is -2.13. The van der Waals surface area contributed by atoms with Crippen LogP contribution in [0, 0.1) is 0 Å². The van der Waals surface area contributed by atoms with Crippen molar-refractivity contribution in [2.75, 3.05) is 31.4 Å². The number of carbonyl (C=O) groups is 1. The third-order valence-electron chi connectivity index (χ3n) is 4.40. The highest BCUT2D eigenvalue weighted by Gasteiger charge is 2.16. The van der Waals surface area contributed by atoms with E-state index >= 15 is 0 Å². The van der Waals surface area contributed by atoms with Gasteiger partial charge in [-0.25, -0.2) is 0 Å². The van der Waals surface area contributed by atoms with Gasteiger partial charge in [0.25, 0.3) is 0 Å². The van der Waals surface area contributed by atoms with Gasteiger partial charge in [-0.1, -0.05) is 19.1 Å². The number of anilines is 2. The Labute approximate surface area is 165 Å². The summed E-state index contributed by atoms with van der Waals surface area (Å²) in [6.07, 6.45) is 0.345. The molecule has 1 N–H and O–H groups in total. The maximum atomic E-state index is 12.3. The van der Waals surface area contributed by atoms with Crippen molar-refractivity contribution in [3.05, 3.63) is 54.1 Å². The van der Waals surface area contributed by atoms with E-state index in [0.29, 0.717) is 24.7 Å². The highest BCUT2D eigenvalue weighted by atomic mass is 16.5. The molecule has 1 aromatic heterocycles. The van der Waals surface area contributed by atoms with Crippen LogP contribution in [0.3, 0.4) is 0 Å². The molecule has 7 heteroatoms. The Morgan fingerprint density at radius 3 is 2.36 bits per heavy atom. The summed E-state index contributed by atoms with van der Waals surface area (Å²) in [6.45, 7) is 2.35. The Balaban J connectivity index is 1.82. The van der Waals surface area contributed by atoms with Crippen molar-refractivity contribution in [3.63, 3.8) is 0 Å². The molecule has 0 spiro atoms. The zero-order valence-corrected chi connectivity index (χ0v) is 16.6. The molecule has 3 rings (SSSR count). The van der Waals surface area contributed by atoms with Gasteiger partial charge in [-0.3, -0.25) is 4.79 Å². The topological polar surface area (TPSA) is 72.3 Å². The predicted octanol–water partition coefficient (Wildman–Crippen LogP) is 3.68. The fourth-order valence-corrected chi connectivity index (χ4v) is 2.71. The van der Waals surface area contributed by atoms with Crippen molar-refractivity contribution in [1.29, 1.82) is 0 Å². The number of benzene rings is 2. The quantitative estimate of drug-likeness (QED) is 0.675. The van der Waals surface area contributed by atoms with Crippen LogP contribution in [0.25, 0.3) is 11.4 Å². The van der Waals surface area contributed by atoms with Crippen LogP contribution in [0.1, 0.15) is 23.7 Å². The molecule has 0 amide bonds. The van der Waals surface area contributed by atoms with Crippen LogP contribution in [-0.2, 0) is 6.54 Å². The molecular formula is C21H25N5O2. The van der Waals surface area contributed by atoms with Crippen molar-refractivity contribution in [1.82, 2.24) is 14.8 Å². The lowest BCUT2D eigenvalue weighted by molar-refractivity contribution is 0.0895. The molecule has 1 heterocycles. The summed E-state index contributed by atoms with van der Waals surface area (Å²) in [7, 11) is 5.63. The van der Waals surface area contributed by atoms with Crippen molar-refractivity contribution in [2.45, 2.75) is 19.9 Å². The van der Waals surface area contributed by atoms with Crippen LogP contribution >= 0.6 is 0 Å². The Hall–Kier alpha value is -3.35. The van der Waals surface area contributed by atoms with Gasteiger partial charge in [-0.2, -0.15) is 9.67 Å². The normalized spacial score (nSPS) is 10.6. The van der Waals surface area contributed by atoms with Crippen LogP contribution in [0.4, 0.5) is 11.6 Å². The van der Waals surface area contributed by atoms with Gasteiger partial charge in [0.2, 0.25) is 11.9 Å². The number of nitrogens with zero attached hydrogens (tertiary/aromatic N) is 4. The summed E-state index contributed by atoms with van der Waals surface area (Å²) < 4.78 is 6.53. The molecule has 0 unspecified atom stereocenters. The number of rotatable bonds is 7. The molecule has 146 valence electrons. The number of hydrogen-bond acceptors (Lipinski definition) is 6. The largest absolute Gasteiger partial charge is 0.497 e. The van der Waals surface area contributed by atoms with E-state index in [-0.39, 0.29) is 5.91 Å². The molecule has 7 nitrogen and oxygen atoms in total. The predicted molar refractivity (Wildman–Crippen MR) is 111 cm³/mol. The molecule has 0 bridgehead atoms. The Kier molecular flexibility index (Phi) is 5.93. The Morgan fingerprint density at radius 1 is 1.11 bits per heavy atom. The van der Waals surface area contributed by atoms with Crippen molar-refractivity contribution >= 4 is 17.5 Å². The summed E-state index contributed by atoms with van der Waals surface area (Å²) in [5.41, 5.74) is 3.05. The summed E-state index contributed by atoms with van der Waals surface area (Å²) in [5, 5.41) is 7.64. The van der Waals surface area contributed by atoms with Gasteiger partial charge in [0.05, 0.1) is 7.11 Å². The average molecular weight is 379 g/mol. The number of aromatic nitrogens is 3. The third kappa shape index (κ3) is 4.31. The van der Waals surface area contributed by atoms with E-state index in [0.717, 1.165) is 22.6 Å². The van der Waals surface area contributed by atoms with E-state index in [1.165, 1.54) is 4.68 Å². The molecule has 0 aliphatic carbocycles. The molecule has 0 saturated carbocycles. The third-order valence-corrected chi connectivity index (χ3v) is 4.40. The highest BCUT2D eigenvalue weighted by Crippen LogP contribution is 2.22. The van der Waals surface area contributed by atoms with Crippen LogP contribution in [0.2, 0.25) is 0 Å². The molecule has 0 fully saturated rings. The van der Waals surface area contributed by atoms with Gasteiger partial charge in [0, 0.05) is 38.3 Å². The molecule has 0 radical (unpaired) electrons. The standard InChI is InChI=1S/C21H25N5O2/c1-5-19(27)26-21(22-14-15-6-10-17(11-7-15)25(2)3)23-20(24-26)16-8-12-18(28-4)13-9-16/h6-13H,5,14H2,1-4H3,(H,22,23,24). The van der Waals surface area contributed by atoms with Crippen molar-refractivity contribution in [3.8, 4) is 17.1 Å². The minimum Gasteiger partial charge on any atom is -0.497 e. The van der Waals surface area contributed by atoms with Gasteiger partial charge in [0.15, 0.2) is 5.82 Å². The molecular weight excluding hydrogens is 354 g/mol. The highest BCUT2D eigenvalue weighted by molar-refractivity contribution is 5.81. The van der Waals surface area contributed by atoms with Gasteiger partial charge in [-0.15, -0.1) is 5.10 Å². The van der Waals surface area contributed by atoms with Crippen LogP contribution in [0.5, 0.6) is 5.75 Å². The van der Waals surface area contributed by atoms with E-state index in [1.807, 2.05) is 38.4 Å². The maximum absolute atomic E-state index is 12.3. The lowest BCUT2D eigenvalue weighted by atomic mass is 10.2. The number of hydrogen-bond donors (Lipinski definition) is 1. The number of nitrogens with one attached hydrogen (secondary N) is 1. The number of carbonyl (C=O) groups excluding carboxylic acids is 1. The molecule has 3 aromatic rings. The second kappa shape index (κ2) is 8.56. The number of methoxy groups -OCH3 is 1. The average Bonchev–Trinajstić information content (AvgIpc) is 3.16. The molecule has 2 aromatic carbocycles. The van der Waals surface area contributed by atoms with Crippen molar-refractivity contribution < 1.29 is 9.53 Å². The van der Waals surface area contributed by atoms with E-state index in [2.05, 4.69) is 44.6 Å². The first-order valence-electron chi connectivity index (χ1n) is 9.16. The summed E-state index contributed by atoms with van der Waals surface area (Å²) >= 11 is 0. The van der Waals surface area contributed by atoms with E-state index in [4.69, 9.17) is 4.74 Å². The van der Waals surface area contributed by atoms with E-state index in [1.54, 1.807) is 14.0 Å². The van der Waals surface area contributed by atoms with Crippen LogP contribution in [-0.4, -0.2) is 41.9 Å². The zero-order chi connectivity index (χ0) is 20.1. The Bertz CT molecular complexity index is 930. The smallest absolute Gasteiger partial charge is 0.249 e. The first-order chi connectivity index (χ1) is 13.5. The maximum Gasteiger partial charge on any atom is 0.249 e. The van der Waals surface area contributed by atoms with Crippen LogP contribution < -0.4 is 15.0 Å². The SMILES string of the molecule is CCC(=O)n1nc(-c2ccc(OC)cc2)nc1NCc1ccc(N(C)C)cc1. The van der Waals surface area contributed by atoms with E-state index in [9.17, 15) is 4.79 Å². The fraction of sp³-hybridized carbons (Fsp3) is 0.286. The summed E-state index contributed by atoms with van der Waals surface area (Å²) in [6, 6.07) is 15.7. The summed E-state index contributed by atoms with van der Waals surface area (Å²) in [4.78, 5) is 18.9. The first kappa shape index (κ1) is 19.4. The van der Waals surface area contributed by atoms with Crippen LogP contribution in [0.15, 0.2) is 48.5 Å². The second-order valence-electron chi connectivity index (χ2n) is 6.56. The minimum absolute atomic E-state index is 0.113. The monoisotopic (exact) mass is 379 g/mol. The summed E-state index contributed by atoms with van der Waals surface area (Å²) in [5.74, 6) is 1.58. The first-order valence-corrected chi connectivity index (χ1v) is 9.16. The zero-order valence-electron chi connectivity index (χ0n) is 16.6. The van der Waals surface area contributed by atoms with Gasteiger partial charge >= 0.3 is 0 Å². The molecule has 0 atom stereocenters. The Morgan fingerprint density at radius 2 is 1.79 bits per heavy atom. The minimum atomic E-state index is -0.113. The van der Waals surface area contributed by atoms with E-state index < -0.39 is 0 Å². The van der Waals surface area contributed by atoms with Crippen molar-refractivity contribution in [2.24, 2.45) is 0 Å². The molecule has 28 heavy (non-hydrogen) atoms. The second-order valence-corrected chi connectivity index (χ2v) is 6.56. The number of ether oxygens (including phenoxy) is 1. The fourth-order valence-electron chi connectivity index (χ4n) is 2.71. The van der Waals surface area contributed by atoms with Gasteiger partial charge in [-0.05, 0) is 42.0 Å².